The fourth-order valence-corrected chi connectivity index (χ4v) is 5.02. The predicted octanol–water partition coefficient (Wildman–Crippen LogP) is 5.76. The van der Waals surface area contributed by atoms with Crippen LogP contribution in [0.15, 0.2) is 24.3 Å². The Balaban J connectivity index is 1.71. The van der Waals surface area contributed by atoms with Gasteiger partial charge in [-0.25, -0.2) is 23.7 Å². The summed E-state index contributed by atoms with van der Waals surface area (Å²) in [5, 5.41) is 13.7. The lowest BCUT2D eigenvalue weighted by molar-refractivity contribution is 0.171. The number of rotatable bonds is 7. The van der Waals surface area contributed by atoms with E-state index in [4.69, 9.17) is 4.98 Å². The smallest absolute Gasteiger partial charge is 0.165 e. The number of alkyl halides is 1. The molecule has 3 heterocycles. The Labute approximate surface area is 205 Å². The quantitative estimate of drug-likeness (QED) is 0.445. The van der Waals surface area contributed by atoms with E-state index < -0.39 is 18.0 Å². The molecule has 188 valence electrons. The summed E-state index contributed by atoms with van der Waals surface area (Å²) in [5.74, 6) is 0.557. The van der Waals surface area contributed by atoms with Gasteiger partial charge in [0, 0.05) is 22.9 Å². The average molecular weight is 484 g/mol. The van der Waals surface area contributed by atoms with Crippen LogP contribution in [0.3, 0.4) is 0 Å². The molecule has 4 rings (SSSR count). The second-order valence-electron chi connectivity index (χ2n) is 9.82. The van der Waals surface area contributed by atoms with Crippen molar-refractivity contribution in [3.8, 4) is 0 Å². The molecule has 1 aliphatic rings. The number of aliphatic hydroxyl groups excluding tert-OH is 1. The molecule has 3 aromatic rings. The van der Waals surface area contributed by atoms with Crippen LogP contribution in [-0.4, -0.2) is 44.1 Å². The van der Waals surface area contributed by atoms with Crippen molar-refractivity contribution in [3.05, 3.63) is 58.3 Å². The zero-order valence-electron chi connectivity index (χ0n) is 21.1. The first-order valence-electron chi connectivity index (χ1n) is 12.4. The van der Waals surface area contributed by atoms with E-state index >= 15 is 4.39 Å². The van der Waals surface area contributed by atoms with Crippen LogP contribution in [0.5, 0.6) is 0 Å². The number of hydrogen-bond donors (Lipinski definition) is 2. The molecule has 0 radical (unpaired) electrons. The van der Waals surface area contributed by atoms with Gasteiger partial charge < -0.3 is 15.3 Å². The molecular formula is C27H35F2N5O. The van der Waals surface area contributed by atoms with Crippen molar-refractivity contribution in [1.82, 2.24) is 19.9 Å². The van der Waals surface area contributed by atoms with E-state index in [-0.39, 0.29) is 18.0 Å². The van der Waals surface area contributed by atoms with Gasteiger partial charge in [-0.2, -0.15) is 0 Å². The normalized spacial score (nSPS) is 17.2. The van der Waals surface area contributed by atoms with E-state index in [1.165, 1.54) is 18.6 Å². The van der Waals surface area contributed by atoms with Crippen LogP contribution in [-0.2, 0) is 6.61 Å². The third kappa shape index (κ3) is 5.28. The van der Waals surface area contributed by atoms with Gasteiger partial charge >= 0.3 is 0 Å². The van der Waals surface area contributed by atoms with E-state index in [0.29, 0.717) is 29.0 Å². The van der Waals surface area contributed by atoms with Crippen molar-refractivity contribution in [2.24, 2.45) is 0 Å². The first-order valence-corrected chi connectivity index (χ1v) is 12.4. The molecule has 2 N–H and O–H groups in total. The zero-order valence-corrected chi connectivity index (χ0v) is 21.1. The van der Waals surface area contributed by atoms with Gasteiger partial charge in [-0.3, -0.25) is 0 Å². The maximum atomic E-state index is 15.0. The van der Waals surface area contributed by atoms with Crippen molar-refractivity contribution in [1.29, 1.82) is 0 Å². The Bertz CT molecular complexity index is 1190. The fraction of sp³-hybridized carbons (Fsp3) is 0.519. The summed E-state index contributed by atoms with van der Waals surface area (Å²) in [6.45, 7) is 11.3. The molecule has 0 amide bonds. The number of aryl methyl sites for hydroxylation is 1. The third-order valence-electron chi connectivity index (χ3n) is 7.11. The van der Waals surface area contributed by atoms with Gasteiger partial charge in [0.2, 0.25) is 0 Å². The number of nitrogens with one attached hydrogen (secondary N) is 1. The highest BCUT2D eigenvalue weighted by Gasteiger charge is 2.25. The van der Waals surface area contributed by atoms with Gasteiger partial charge in [0.05, 0.1) is 11.4 Å². The number of likely N-dealkylation sites (tertiary alicyclic amines) is 1. The summed E-state index contributed by atoms with van der Waals surface area (Å²) in [6, 6.07) is 6.91. The minimum atomic E-state index is -1.40. The van der Waals surface area contributed by atoms with Crippen molar-refractivity contribution in [3.63, 3.8) is 0 Å². The highest BCUT2D eigenvalue weighted by molar-refractivity contribution is 5.87. The number of benzene rings is 1. The first-order chi connectivity index (χ1) is 16.7. The Morgan fingerprint density at radius 1 is 1.09 bits per heavy atom. The van der Waals surface area contributed by atoms with Crippen LogP contribution in [0.4, 0.5) is 14.6 Å². The van der Waals surface area contributed by atoms with Gasteiger partial charge in [0.1, 0.15) is 24.4 Å². The van der Waals surface area contributed by atoms with Crippen molar-refractivity contribution < 1.29 is 13.9 Å². The van der Waals surface area contributed by atoms with Crippen molar-refractivity contribution in [2.45, 2.75) is 78.2 Å². The second kappa shape index (κ2) is 10.5. The van der Waals surface area contributed by atoms with E-state index in [1.807, 2.05) is 13.8 Å². The van der Waals surface area contributed by atoms with Gasteiger partial charge in [-0.15, -0.1) is 0 Å². The van der Waals surface area contributed by atoms with Crippen LogP contribution >= 0.6 is 0 Å². The lowest BCUT2D eigenvalue weighted by atomic mass is 9.87. The van der Waals surface area contributed by atoms with Crippen molar-refractivity contribution in [2.75, 3.05) is 18.4 Å². The minimum Gasteiger partial charge on any atom is -0.388 e. The van der Waals surface area contributed by atoms with Crippen LogP contribution in [0.25, 0.3) is 11.0 Å². The Morgan fingerprint density at radius 3 is 2.40 bits per heavy atom. The highest BCUT2D eigenvalue weighted by Crippen LogP contribution is 2.35. The summed E-state index contributed by atoms with van der Waals surface area (Å²) in [7, 11) is 0. The number of aromatic nitrogens is 3. The highest BCUT2D eigenvalue weighted by atomic mass is 19.1. The van der Waals surface area contributed by atoms with Crippen LogP contribution in [0, 0.1) is 12.7 Å². The lowest BCUT2D eigenvalue weighted by Gasteiger charge is -2.35. The molecular weight excluding hydrogens is 448 g/mol. The van der Waals surface area contributed by atoms with E-state index in [9.17, 15) is 9.50 Å². The van der Waals surface area contributed by atoms with E-state index in [2.05, 4.69) is 40.1 Å². The fourth-order valence-electron chi connectivity index (χ4n) is 5.02. The van der Waals surface area contributed by atoms with Gasteiger partial charge in [-0.1, -0.05) is 18.2 Å². The van der Waals surface area contributed by atoms with Crippen LogP contribution in [0.1, 0.15) is 86.9 Å². The summed E-state index contributed by atoms with van der Waals surface area (Å²) in [5.41, 5.74) is 2.98. The summed E-state index contributed by atoms with van der Waals surface area (Å²) >= 11 is 0. The molecule has 2 aromatic heterocycles. The number of fused-ring (bicyclic) bond motifs is 1. The van der Waals surface area contributed by atoms with Crippen molar-refractivity contribution >= 4 is 16.9 Å². The molecule has 1 aliphatic heterocycles. The Morgan fingerprint density at radius 2 is 1.77 bits per heavy atom. The molecule has 0 spiro atoms. The SMILES string of the molecule is Cc1nc2nc(CO)nc(N[C@H](C)c3cccc(C(C)F)c3F)c2cc1C1CCN(C(C)C)CC1. The van der Waals surface area contributed by atoms with Gasteiger partial charge in [0.15, 0.2) is 11.5 Å². The monoisotopic (exact) mass is 483 g/mol. The van der Waals surface area contributed by atoms with E-state index in [0.717, 1.165) is 37.0 Å². The molecule has 2 atom stereocenters. The Hall–Kier alpha value is -2.71. The Kier molecular flexibility index (Phi) is 7.62. The molecule has 8 heteroatoms. The van der Waals surface area contributed by atoms with E-state index in [1.54, 1.807) is 12.1 Å². The standard InChI is InChI=1S/C27H35F2N5O/c1-15(2)34-11-9-19(10-12-34)22-13-23-26(32-24(14-35)33-27(23)31-18(22)5)30-17(4)21-8-6-7-20(16(3)28)25(21)29/h6-8,13,15-17,19,35H,9-12,14H2,1-5H3,(H,30,31,32,33)/t16?,17-/m1/s1. The number of pyridine rings is 1. The molecule has 1 unspecified atom stereocenters. The molecule has 1 saturated heterocycles. The maximum Gasteiger partial charge on any atom is 0.165 e. The second-order valence-corrected chi connectivity index (χ2v) is 9.82. The zero-order chi connectivity index (χ0) is 25.3. The third-order valence-corrected chi connectivity index (χ3v) is 7.11. The molecule has 0 aliphatic carbocycles. The number of halogens is 2. The number of aliphatic hydroxyl groups is 1. The number of piperidine rings is 1. The first kappa shape index (κ1) is 25.4. The molecule has 0 saturated carbocycles. The average Bonchev–Trinajstić information content (AvgIpc) is 2.83. The van der Waals surface area contributed by atoms with Crippen LogP contribution < -0.4 is 5.32 Å². The molecule has 35 heavy (non-hydrogen) atoms. The number of hydrogen-bond acceptors (Lipinski definition) is 6. The lowest BCUT2D eigenvalue weighted by Crippen LogP contribution is -2.38. The van der Waals surface area contributed by atoms with Gasteiger partial charge in [-0.05, 0) is 78.1 Å². The summed E-state index contributed by atoms with van der Waals surface area (Å²) in [4.78, 5) is 16.2. The minimum absolute atomic E-state index is 0.0343. The topological polar surface area (TPSA) is 74.2 Å². The molecule has 1 fully saturated rings. The predicted molar refractivity (Wildman–Crippen MR) is 135 cm³/mol. The van der Waals surface area contributed by atoms with Gasteiger partial charge in [0.25, 0.3) is 0 Å². The molecule has 6 nitrogen and oxygen atoms in total. The number of nitrogens with zero attached hydrogens (tertiary/aromatic N) is 4. The maximum absolute atomic E-state index is 15.0. The number of anilines is 1. The summed E-state index contributed by atoms with van der Waals surface area (Å²) < 4.78 is 28.9. The molecule has 0 bridgehead atoms. The van der Waals surface area contributed by atoms with Crippen LogP contribution in [0.2, 0.25) is 0 Å². The summed E-state index contributed by atoms with van der Waals surface area (Å²) in [6.07, 6.45) is 0.709. The largest absolute Gasteiger partial charge is 0.388 e. The molecule has 1 aromatic carbocycles.